The second-order valence-electron chi connectivity index (χ2n) is 1.74. The Hall–Kier alpha value is -1.72. The third-order valence-electron chi connectivity index (χ3n) is 0.610. The van der Waals surface area contributed by atoms with Crippen LogP contribution in [0.4, 0.5) is 0 Å². The molecule has 0 aliphatic carbocycles. The Labute approximate surface area is 84.3 Å². The molecular formula is C4H14N4O7. The lowest BCUT2D eigenvalue weighted by atomic mass is 10.6. The van der Waals surface area contributed by atoms with Crippen molar-refractivity contribution in [2.24, 2.45) is 5.73 Å². The van der Waals surface area contributed by atoms with Crippen molar-refractivity contribution in [1.82, 2.24) is 5.32 Å². The van der Waals surface area contributed by atoms with Crippen molar-refractivity contribution < 1.29 is 25.7 Å². The van der Waals surface area contributed by atoms with Gasteiger partial charge in [-0.25, -0.2) is 0 Å². The predicted octanol–water partition coefficient (Wildman–Crippen LogP) is -2.17. The van der Waals surface area contributed by atoms with Gasteiger partial charge in [-0.1, -0.05) is 0 Å². The number of aliphatic hydroxyl groups is 1. The van der Waals surface area contributed by atoms with Crippen molar-refractivity contribution >= 4 is 0 Å². The number of rotatable bonds is 4. The highest BCUT2D eigenvalue weighted by Crippen LogP contribution is 1.51. The van der Waals surface area contributed by atoms with Crippen molar-refractivity contribution in [3.8, 4) is 0 Å². The van der Waals surface area contributed by atoms with Crippen LogP contribution in [0, 0.1) is 20.2 Å². The fourth-order valence-corrected chi connectivity index (χ4v) is 0.306. The molecule has 11 nitrogen and oxygen atoms in total. The lowest BCUT2D eigenvalue weighted by Crippen LogP contribution is -2.24. The SMILES string of the molecule is NCCNCCO.O=[N+]([O-])O.O=[N+]([O-])O. The normalized spacial score (nSPS) is 7.60. The number of nitrogens with two attached hydrogens (primary N) is 1. The van der Waals surface area contributed by atoms with Crippen LogP contribution >= 0.6 is 0 Å². The summed E-state index contributed by atoms with van der Waals surface area (Å²) in [6.07, 6.45) is 0. The van der Waals surface area contributed by atoms with E-state index in [0.717, 1.165) is 6.54 Å². The van der Waals surface area contributed by atoms with E-state index in [9.17, 15) is 0 Å². The number of nitrogens with zero attached hydrogens (tertiary/aromatic N) is 2. The van der Waals surface area contributed by atoms with Gasteiger partial charge in [-0.3, -0.25) is 0 Å². The molecule has 0 aliphatic heterocycles. The van der Waals surface area contributed by atoms with Crippen molar-refractivity contribution in [3.05, 3.63) is 20.2 Å². The van der Waals surface area contributed by atoms with Crippen LogP contribution in [0.1, 0.15) is 0 Å². The van der Waals surface area contributed by atoms with E-state index in [1.807, 2.05) is 0 Å². The summed E-state index contributed by atoms with van der Waals surface area (Å²) in [5.74, 6) is 0. The maximum absolute atomic E-state index is 8.36. The van der Waals surface area contributed by atoms with Crippen LogP contribution in [0.3, 0.4) is 0 Å². The second-order valence-corrected chi connectivity index (χ2v) is 1.74. The van der Waals surface area contributed by atoms with Crippen LogP contribution in [0.2, 0.25) is 0 Å². The van der Waals surface area contributed by atoms with Crippen LogP contribution < -0.4 is 11.1 Å². The van der Waals surface area contributed by atoms with Gasteiger partial charge in [-0.2, -0.15) is 0 Å². The highest BCUT2D eigenvalue weighted by atomic mass is 16.9. The summed E-state index contributed by atoms with van der Waals surface area (Å²) in [5, 5.41) is 38.4. The van der Waals surface area contributed by atoms with Gasteiger partial charge in [0.25, 0.3) is 10.2 Å². The standard InChI is InChI=1S/C4H12N2O.2HNO3/c5-1-2-6-3-4-7;2*2-1(3)4/h6-7H,1-5H2;2*(H,2,3,4). The molecule has 0 bridgehead atoms. The molecule has 0 unspecified atom stereocenters. The average Bonchev–Trinajstić information content (AvgIpc) is 2.03. The van der Waals surface area contributed by atoms with Crippen LogP contribution in [0.5, 0.6) is 0 Å². The Morgan fingerprint density at radius 3 is 1.67 bits per heavy atom. The topological polar surface area (TPSA) is 185 Å². The molecule has 0 saturated carbocycles. The molecule has 0 aliphatic rings. The zero-order valence-electron chi connectivity index (χ0n) is 7.77. The van der Waals surface area contributed by atoms with Crippen LogP contribution in [-0.2, 0) is 0 Å². The summed E-state index contributed by atoms with van der Waals surface area (Å²) >= 11 is 0. The first kappa shape index (κ1) is 18.9. The van der Waals surface area contributed by atoms with Crippen molar-refractivity contribution in [1.29, 1.82) is 0 Å². The minimum atomic E-state index is -1.50. The van der Waals surface area contributed by atoms with Gasteiger partial charge >= 0.3 is 0 Å². The van der Waals surface area contributed by atoms with Crippen molar-refractivity contribution in [2.75, 3.05) is 26.2 Å². The molecule has 15 heavy (non-hydrogen) atoms. The van der Waals surface area contributed by atoms with E-state index in [1.165, 1.54) is 0 Å². The molecule has 0 aromatic heterocycles. The quantitative estimate of drug-likeness (QED) is 0.203. The Balaban J connectivity index is -0.000000155. The molecule has 0 heterocycles. The average molecular weight is 230 g/mol. The predicted molar refractivity (Wildman–Crippen MR) is 46.6 cm³/mol. The van der Waals surface area contributed by atoms with Gasteiger partial charge in [-0.05, 0) is 0 Å². The smallest absolute Gasteiger partial charge is 0.291 e. The maximum Gasteiger partial charge on any atom is 0.291 e. The fraction of sp³-hybridized carbons (Fsp3) is 1.00. The van der Waals surface area contributed by atoms with Gasteiger partial charge in [-0.15, -0.1) is 20.2 Å². The summed E-state index contributed by atoms with van der Waals surface area (Å²) < 4.78 is 0. The minimum absolute atomic E-state index is 0.194. The van der Waals surface area contributed by atoms with E-state index in [-0.39, 0.29) is 6.61 Å². The fourth-order valence-electron chi connectivity index (χ4n) is 0.306. The molecule has 0 atom stereocenters. The highest BCUT2D eigenvalue weighted by Gasteiger charge is 1.77. The van der Waals surface area contributed by atoms with E-state index >= 15 is 0 Å². The Morgan fingerprint density at radius 2 is 1.47 bits per heavy atom. The lowest BCUT2D eigenvalue weighted by molar-refractivity contribution is -0.742. The van der Waals surface area contributed by atoms with Crippen LogP contribution in [-0.4, -0.2) is 51.9 Å². The van der Waals surface area contributed by atoms with Gasteiger partial charge in [0.15, 0.2) is 0 Å². The molecule has 92 valence electrons. The monoisotopic (exact) mass is 230 g/mol. The van der Waals surface area contributed by atoms with Crippen LogP contribution in [0.25, 0.3) is 0 Å². The molecular weight excluding hydrogens is 216 g/mol. The zero-order chi connectivity index (χ0) is 12.7. The third kappa shape index (κ3) is 250. The van der Waals surface area contributed by atoms with Crippen molar-refractivity contribution in [2.45, 2.75) is 0 Å². The first-order valence-electron chi connectivity index (χ1n) is 3.56. The zero-order valence-corrected chi connectivity index (χ0v) is 7.77. The largest absolute Gasteiger partial charge is 0.395 e. The molecule has 0 aromatic rings. The minimum Gasteiger partial charge on any atom is -0.395 e. The summed E-state index contributed by atoms with van der Waals surface area (Å²) in [7, 11) is 0. The molecule has 0 aromatic carbocycles. The number of aliphatic hydroxyl groups excluding tert-OH is 1. The van der Waals surface area contributed by atoms with E-state index < -0.39 is 10.2 Å². The molecule has 0 radical (unpaired) electrons. The number of hydrogen-bond acceptors (Lipinski definition) is 7. The Kier molecular flexibility index (Phi) is 22.9. The van der Waals surface area contributed by atoms with Gasteiger partial charge in [0.05, 0.1) is 6.61 Å². The Bertz CT molecular complexity index is 130. The molecule has 0 amide bonds. The lowest BCUT2D eigenvalue weighted by Gasteiger charge is -1.95. The first-order valence-corrected chi connectivity index (χ1v) is 3.56. The van der Waals surface area contributed by atoms with Gasteiger partial charge in [0.1, 0.15) is 0 Å². The molecule has 0 rings (SSSR count). The van der Waals surface area contributed by atoms with E-state index in [2.05, 4.69) is 5.32 Å². The first-order chi connectivity index (χ1) is 6.88. The van der Waals surface area contributed by atoms with Gasteiger partial charge < -0.3 is 26.6 Å². The van der Waals surface area contributed by atoms with E-state index in [4.69, 9.17) is 41.5 Å². The molecule has 0 spiro atoms. The molecule has 0 saturated heterocycles. The maximum atomic E-state index is 8.36. The second kappa shape index (κ2) is 18.1. The number of hydrogen-bond donors (Lipinski definition) is 5. The van der Waals surface area contributed by atoms with E-state index in [1.54, 1.807) is 0 Å². The Morgan fingerprint density at radius 1 is 1.13 bits per heavy atom. The number of nitrogens with one attached hydrogen (secondary N) is 1. The van der Waals surface area contributed by atoms with Crippen LogP contribution in [0.15, 0.2) is 0 Å². The van der Waals surface area contributed by atoms with Crippen molar-refractivity contribution in [3.63, 3.8) is 0 Å². The molecule has 11 heteroatoms. The summed E-state index contributed by atoms with van der Waals surface area (Å²) in [6.45, 7) is 2.28. The van der Waals surface area contributed by atoms with E-state index in [0.29, 0.717) is 13.1 Å². The third-order valence-corrected chi connectivity index (χ3v) is 0.610. The highest BCUT2D eigenvalue weighted by molar-refractivity contribution is 4.42. The summed E-state index contributed by atoms with van der Waals surface area (Å²) in [5.41, 5.74) is 5.13. The summed E-state index contributed by atoms with van der Waals surface area (Å²) in [6, 6.07) is 0. The molecule has 0 fully saturated rings. The summed E-state index contributed by atoms with van der Waals surface area (Å²) in [4.78, 5) is 16.7. The molecule has 6 N–H and O–H groups in total. The van der Waals surface area contributed by atoms with Gasteiger partial charge in [0, 0.05) is 19.6 Å². The van der Waals surface area contributed by atoms with Gasteiger partial charge in [0.2, 0.25) is 0 Å².